The lowest BCUT2D eigenvalue weighted by Crippen LogP contribution is -2.08. The largest absolute Gasteiger partial charge is 0.491 e. The Kier molecular flexibility index (Phi) is 5.03. The maximum Gasteiger partial charge on any atom is 0.167 e. The molecule has 0 atom stereocenters. The van der Waals surface area contributed by atoms with Gasteiger partial charge in [-0.05, 0) is 50.1 Å². The molecule has 0 saturated carbocycles. The third-order valence-corrected chi connectivity index (χ3v) is 3.44. The lowest BCUT2D eigenvalue weighted by atomic mass is 10.0. The molecule has 0 heterocycles. The Bertz CT molecular complexity index is 647. The fourth-order valence-corrected chi connectivity index (χ4v) is 2.39. The van der Waals surface area contributed by atoms with Crippen LogP contribution in [0, 0.1) is 6.92 Å². The van der Waals surface area contributed by atoms with Crippen molar-refractivity contribution in [1.29, 1.82) is 0 Å². The van der Waals surface area contributed by atoms with Crippen LogP contribution in [0.15, 0.2) is 42.5 Å². The molecule has 0 aromatic heterocycles. The molecule has 0 N–H and O–H groups in total. The smallest absolute Gasteiger partial charge is 0.167 e. The summed E-state index contributed by atoms with van der Waals surface area (Å²) in [5, 5.41) is 0.637. The van der Waals surface area contributed by atoms with Crippen LogP contribution in [-0.2, 0) is 6.42 Å². The van der Waals surface area contributed by atoms with E-state index in [2.05, 4.69) is 0 Å². The second-order valence-corrected chi connectivity index (χ2v) is 5.80. The topological polar surface area (TPSA) is 26.3 Å². The predicted octanol–water partition coefficient (Wildman–Crippen LogP) is 4.86. The second kappa shape index (κ2) is 6.77. The number of ketones is 1. The first kappa shape index (κ1) is 15.6. The van der Waals surface area contributed by atoms with E-state index in [1.54, 1.807) is 12.1 Å². The molecule has 2 nitrogen and oxygen atoms in total. The molecule has 2 rings (SSSR count). The van der Waals surface area contributed by atoms with Gasteiger partial charge in [0.05, 0.1) is 6.10 Å². The molecule has 0 aliphatic carbocycles. The van der Waals surface area contributed by atoms with Crippen molar-refractivity contribution in [2.75, 3.05) is 0 Å². The van der Waals surface area contributed by atoms with E-state index in [4.69, 9.17) is 16.3 Å². The zero-order valence-electron chi connectivity index (χ0n) is 12.5. The summed E-state index contributed by atoms with van der Waals surface area (Å²) in [6.45, 7) is 5.89. The van der Waals surface area contributed by atoms with E-state index in [0.717, 1.165) is 11.1 Å². The van der Waals surface area contributed by atoms with Gasteiger partial charge in [0.1, 0.15) is 5.75 Å². The Morgan fingerprint density at radius 2 is 1.95 bits per heavy atom. The van der Waals surface area contributed by atoms with Gasteiger partial charge in [-0.25, -0.2) is 0 Å². The third kappa shape index (κ3) is 4.33. The van der Waals surface area contributed by atoms with E-state index in [1.807, 2.05) is 51.1 Å². The second-order valence-electron chi connectivity index (χ2n) is 5.39. The minimum atomic E-state index is 0.0370. The quantitative estimate of drug-likeness (QED) is 0.737. The van der Waals surface area contributed by atoms with Gasteiger partial charge in [-0.3, -0.25) is 4.79 Å². The fraction of sp³-hybridized carbons (Fsp3) is 0.278. The monoisotopic (exact) mass is 302 g/mol. The van der Waals surface area contributed by atoms with Gasteiger partial charge in [0, 0.05) is 17.0 Å². The molecular formula is C18H19ClO2. The number of hydrogen-bond acceptors (Lipinski definition) is 2. The van der Waals surface area contributed by atoms with Crippen LogP contribution in [0.4, 0.5) is 0 Å². The highest BCUT2D eigenvalue weighted by Gasteiger charge is 2.11. The van der Waals surface area contributed by atoms with E-state index < -0.39 is 0 Å². The first-order valence-corrected chi connectivity index (χ1v) is 7.38. The molecule has 0 aliphatic rings. The molecule has 0 bridgehead atoms. The summed E-state index contributed by atoms with van der Waals surface area (Å²) in [4.78, 5) is 12.4. The van der Waals surface area contributed by atoms with Crippen LogP contribution in [0.2, 0.25) is 5.02 Å². The van der Waals surface area contributed by atoms with Crippen LogP contribution < -0.4 is 4.74 Å². The molecule has 110 valence electrons. The van der Waals surface area contributed by atoms with Gasteiger partial charge in [0.15, 0.2) is 5.78 Å². The number of ether oxygens (including phenoxy) is 1. The van der Waals surface area contributed by atoms with Gasteiger partial charge in [0.25, 0.3) is 0 Å². The summed E-state index contributed by atoms with van der Waals surface area (Å²) in [6.07, 6.45) is 0.381. The maximum atomic E-state index is 12.4. The Morgan fingerprint density at radius 1 is 1.19 bits per heavy atom. The van der Waals surface area contributed by atoms with Crippen LogP contribution in [0.5, 0.6) is 5.75 Å². The summed E-state index contributed by atoms with van der Waals surface area (Å²) in [5.41, 5.74) is 2.58. The van der Waals surface area contributed by atoms with E-state index >= 15 is 0 Å². The number of halogens is 1. The van der Waals surface area contributed by atoms with Gasteiger partial charge in [0.2, 0.25) is 0 Å². The molecule has 0 spiro atoms. The SMILES string of the molecule is Cc1ccc(CC(=O)c2cccc(OC(C)C)c2)c(Cl)c1. The molecule has 0 unspecified atom stereocenters. The van der Waals surface area contributed by atoms with Crippen molar-refractivity contribution in [3.63, 3.8) is 0 Å². The van der Waals surface area contributed by atoms with E-state index in [9.17, 15) is 4.79 Å². The minimum Gasteiger partial charge on any atom is -0.491 e. The highest BCUT2D eigenvalue weighted by molar-refractivity contribution is 6.31. The third-order valence-electron chi connectivity index (χ3n) is 3.09. The molecular weight excluding hydrogens is 284 g/mol. The minimum absolute atomic E-state index is 0.0370. The number of rotatable bonds is 5. The number of aryl methyl sites for hydroxylation is 1. The van der Waals surface area contributed by atoms with E-state index in [-0.39, 0.29) is 11.9 Å². The van der Waals surface area contributed by atoms with Crippen LogP contribution in [0.1, 0.15) is 35.3 Å². The lowest BCUT2D eigenvalue weighted by Gasteiger charge is -2.11. The fourth-order valence-electron chi connectivity index (χ4n) is 2.09. The average molecular weight is 303 g/mol. The van der Waals surface area contributed by atoms with Gasteiger partial charge < -0.3 is 4.74 Å². The predicted molar refractivity (Wildman–Crippen MR) is 86.4 cm³/mol. The highest BCUT2D eigenvalue weighted by Crippen LogP contribution is 2.21. The molecule has 0 fully saturated rings. The number of carbonyl (C=O) groups excluding carboxylic acids is 1. The van der Waals surface area contributed by atoms with Crippen LogP contribution in [0.25, 0.3) is 0 Å². The Morgan fingerprint density at radius 3 is 2.62 bits per heavy atom. The number of Topliss-reactive ketones (excluding diaryl/α,β-unsaturated/α-hetero) is 1. The van der Waals surface area contributed by atoms with Gasteiger partial charge in [-0.2, -0.15) is 0 Å². The zero-order valence-corrected chi connectivity index (χ0v) is 13.3. The number of benzene rings is 2. The summed E-state index contributed by atoms with van der Waals surface area (Å²) < 4.78 is 5.62. The lowest BCUT2D eigenvalue weighted by molar-refractivity contribution is 0.0992. The van der Waals surface area contributed by atoms with Crippen molar-refractivity contribution < 1.29 is 9.53 Å². The van der Waals surface area contributed by atoms with Gasteiger partial charge in [-0.15, -0.1) is 0 Å². The van der Waals surface area contributed by atoms with E-state index in [1.165, 1.54) is 0 Å². The molecule has 2 aromatic rings. The van der Waals surface area contributed by atoms with Crippen molar-refractivity contribution in [3.05, 3.63) is 64.2 Å². The number of hydrogen-bond donors (Lipinski definition) is 0. The Balaban J connectivity index is 2.16. The van der Waals surface area contributed by atoms with Crippen LogP contribution in [-0.4, -0.2) is 11.9 Å². The zero-order chi connectivity index (χ0) is 15.4. The molecule has 21 heavy (non-hydrogen) atoms. The van der Waals surface area contributed by atoms with Gasteiger partial charge in [-0.1, -0.05) is 35.9 Å². The molecule has 0 amide bonds. The normalized spacial score (nSPS) is 10.7. The van der Waals surface area contributed by atoms with Crippen molar-refractivity contribution in [2.24, 2.45) is 0 Å². The standard InChI is InChI=1S/C18H19ClO2/c1-12(2)21-16-6-4-5-15(10-16)18(20)11-14-8-7-13(3)9-17(14)19/h4-10,12H,11H2,1-3H3. The Hall–Kier alpha value is -1.80. The summed E-state index contributed by atoms with van der Waals surface area (Å²) in [5.74, 6) is 0.751. The molecule has 0 saturated heterocycles. The summed E-state index contributed by atoms with van der Waals surface area (Å²) in [7, 11) is 0. The van der Waals surface area contributed by atoms with Crippen molar-refractivity contribution in [3.8, 4) is 5.75 Å². The summed E-state index contributed by atoms with van der Waals surface area (Å²) >= 11 is 6.18. The average Bonchev–Trinajstić information content (AvgIpc) is 2.41. The first-order valence-electron chi connectivity index (χ1n) is 7.00. The highest BCUT2D eigenvalue weighted by atomic mass is 35.5. The van der Waals surface area contributed by atoms with Gasteiger partial charge >= 0.3 is 0 Å². The van der Waals surface area contributed by atoms with Crippen molar-refractivity contribution >= 4 is 17.4 Å². The molecule has 2 aromatic carbocycles. The first-order chi connectivity index (χ1) is 9.95. The Labute approximate surface area is 130 Å². The number of carbonyl (C=O) groups is 1. The molecule has 0 aliphatic heterocycles. The van der Waals surface area contributed by atoms with Crippen molar-refractivity contribution in [2.45, 2.75) is 33.3 Å². The summed E-state index contributed by atoms with van der Waals surface area (Å²) in [6, 6.07) is 13.0. The van der Waals surface area contributed by atoms with Crippen LogP contribution in [0.3, 0.4) is 0 Å². The van der Waals surface area contributed by atoms with Crippen molar-refractivity contribution in [1.82, 2.24) is 0 Å². The maximum absolute atomic E-state index is 12.4. The van der Waals surface area contributed by atoms with Crippen LogP contribution >= 0.6 is 11.6 Å². The molecule has 3 heteroatoms. The molecule has 0 radical (unpaired) electrons. The van der Waals surface area contributed by atoms with E-state index in [0.29, 0.717) is 22.8 Å².